The number of rotatable bonds is 4. The SMILES string of the molecule is C[C@@H]1CN(c2ccc(NC(=O)NC[C@@H]3CCCO3)cc2F)C[C@@H](C)O1. The molecule has 6 nitrogen and oxygen atoms in total. The number of amides is 2. The summed E-state index contributed by atoms with van der Waals surface area (Å²) in [4.78, 5) is 13.9. The topological polar surface area (TPSA) is 62.8 Å². The Morgan fingerprint density at radius 3 is 2.72 bits per heavy atom. The molecular formula is C18H26FN3O3. The minimum Gasteiger partial charge on any atom is -0.376 e. The molecule has 1 aromatic carbocycles. The van der Waals surface area contributed by atoms with Gasteiger partial charge in [0, 0.05) is 31.9 Å². The molecule has 2 fully saturated rings. The second kappa shape index (κ2) is 8.01. The number of anilines is 2. The van der Waals surface area contributed by atoms with Gasteiger partial charge in [-0.2, -0.15) is 0 Å². The first-order valence-electron chi connectivity index (χ1n) is 8.87. The molecule has 2 N–H and O–H groups in total. The van der Waals surface area contributed by atoms with E-state index in [1.165, 1.54) is 6.07 Å². The summed E-state index contributed by atoms with van der Waals surface area (Å²) in [6, 6.07) is 4.42. The van der Waals surface area contributed by atoms with Gasteiger partial charge in [0.25, 0.3) is 0 Å². The van der Waals surface area contributed by atoms with E-state index in [2.05, 4.69) is 10.6 Å². The Morgan fingerprint density at radius 2 is 2.08 bits per heavy atom. The number of hydrogen-bond acceptors (Lipinski definition) is 4. The largest absolute Gasteiger partial charge is 0.376 e. The average Bonchev–Trinajstić information content (AvgIpc) is 3.05. The number of carbonyl (C=O) groups excluding carboxylic acids is 1. The lowest BCUT2D eigenvalue weighted by Gasteiger charge is -2.37. The molecule has 0 saturated carbocycles. The quantitative estimate of drug-likeness (QED) is 0.876. The Labute approximate surface area is 147 Å². The van der Waals surface area contributed by atoms with Crippen LogP contribution in [0.3, 0.4) is 0 Å². The molecule has 0 radical (unpaired) electrons. The maximum atomic E-state index is 14.5. The number of benzene rings is 1. The van der Waals surface area contributed by atoms with Gasteiger partial charge in [-0.1, -0.05) is 0 Å². The average molecular weight is 351 g/mol. The Kier molecular flexibility index (Phi) is 5.75. The fourth-order valence-corrected chi connectivity index (χ4v) is 3.40. The van der Waals surface area contributed by atoms with Crippen LogP contribution in [0.15, 0.2) is 18.2 Å². The molecule has 0 aromatic heterocycles. The zero-order valence-corrected chi connectivity index (χ0v) is 14.8. The van der Waals surface area contributed by atoms with Gasteiger partial charge in [-0.15, -0.1) is 0 Å². The zero-order valence-electron chi connectivity index (χ0n) is 14.8. The molecule has 25 heavy (non-hydrogen) atoms. The highest BCUT2D eigenvalue weighted by molar-refractivity contribution is 5.89. The van der Waals surface area contributed by atoms with Crippen LogP contribution in [-0.4, -0.2) is 50.6 Å². The van der Waals surface area contributed by atoms with Gasteiger partial charge in [0.15, 0.2) is 0 Å². The molecule has 3 rings (SSSR count). The number of morpholine rings is 1. The van der Waals surface area contributed by atoms with Crippen LogP contribution in [0.1, 0.15) is 26.7 Å². The van der Waals surface area contributed by atoms with E-state index in [4.69, 9.17) is 9.47 Å². The minimum atomic E-state index is -0.351. The Hall–Kier alpha value is -1.86. The predicted molar refractivity (Wildman–Crippen MR) is 94.6 cm³/mol. The van der Waals surface area contributed by atoms with Crippen LogP contribution >= 0.6 is 0 Å². The molecule has 2 saturated heterocycles. The number of nitrogens with zero attached hydrogens (tertiary/aromatic N) is 1. The Bertz CT molecular complexity index is 597. The highest BCUT2D eigenvalue weighted by Crippen LogP contribution is 2.26. The van der Waals surface area contributed by atoms with Crippen molar-refractivity contribution >= 4 is 17.4 Å². The fraction of sp³-hybridized carbons (Fsp3) is 0.611. The number of halogens is 1. The molecule has 7 heteroatoms. The van der Waals surface area contributed by atoms with Crippen molar-refractivity contribution in [3.63, 3.8) is 0 Å². The number of urea groups is 1. The highest BCUT2D eigenvalue weighted by Gasteiger charge is 2.24. The van der Waals surface area contributed by atoms with Crippen LogP contribution in [0.2, 0.25) is 0 Å². The van der Waals surface area contributed by atoms with Gasteiger partial charge in [0.05, 0.1) is 24.0 Å². The monoisotopic (exact) mass is 351 g/mol. The van der Waals surface area contributed by atoms with Crippen molar-refractivity contribution in [3.05, 3.63) is 24.0 Å². The molecule has 2 heterocycles. The lowest BCUT2D eigenvalue weighted by Crippen LogP contribution is -2.45. The third kappa shape index (κ3) is 4.83. The van der Waals surface area contributed by atoms with Crippen molar-refractivity contribution in [2.24, 2.45) is 0 Å². The van der Waals surface area contributed by atoms with Crippen LogP contribution in [0, 0.1) is 5.82 Å². The number of nitrogens with one attached hydrogen (secondary N) is 2. The van der Waals surface area contributed by atoms with E-state index in [9.17, 15) is 9.18 Å². The van der Waals surface area contributed by atoms with Crippen LogP contribution in [-0.2, 0) is 9.47 Å². The second-order valence-corrected chi connectivity index (χ2v) is 6.80. The molecule has 2 aliphatic heterocycles. The highest BCUT2D eigenvalue weighted by atomic mass is 19.1. The van der Waals surface area contributed by atoms with Gasteiger partial charge in [0.1, 0.15) is 5.82 Å². The first kappa shape index (κ1) is 17.9. The Morgan fingerprint density at radius 1 is 1.32 bits per heavy atom. The maximum absolute atomic E-state index is 14.5. The summed E-state index contributed by atoms with van der Waals surface area (Å²) < 4.78 is 25.6. The van der Waals surface area contributed by atoms with Gasteiger partial charge in [0.2, 0.25) is 0 Å². The smallest absolute Gasteiger partial charge is 0.319 e. The molecule has 138 valence electrons. The third-order valence-electron chi connectivity index (χ3n) is 4.48. The Balaban J connectivity index is 1.56. The lowest BCUT2D eigenvalue weighted by molar-refractivity contribution is -0.00539. The maximum Gasteiger partial charge on any atom is 0.319 e. The summed E-state index contributed by atoms with van der Waals surface area (Å²) >= 11 is 0. The summed E-state index contributed by atoms with van der Waals surface area (Å²) in [7, 11) is 0. The van der Waals surface area contributed by atoms with E-state index < -0.39 is 0 Å². The molecule has 2 aliphatic rings. The van der Waals surface area contributed by atoms with E-state index in [0.717, 1.165) is 19.4 Å². The van der Waals surface area contributed by atoms with Crippen molar-refractivity contribution in [1.29, 1.82) is 0 Å². The summed E-state index contributed by atoms with van der Waals surface area (Å²) in [6.07, 6.45) is 2.18. The molecule has 0 bridgehead atoms. The molecule has 0 unspecified atom stereocenters. The molecule has 0 spiro atoms. The molecule has 1 aromatic rings. The van der Waals surface area contributed by atoms with Gasteiger partial charge >= 0.3 is 6.03 Å². The first-order valence-corrected chi connectivity index (χ1v) is 8.87. The first-order chi connectivity index (χ1) is 12.0. The number of carbonyl (C=O) groups is 1. The predicted octanol–water partition coefficient (Wildman–Crippen LogP) is 2.74. The van der Waals surface area contributed by atoms with Crippen LogP contribution in [0.25, 0.3) is 0 Å². The second-order valence-electron chi connectivity index (χ2n) is 6.80. The van der Waals surface area contributed by atoms with Gasteiger partial charge in [-0.3, -0.25) is 0 Å². The summed E-state index contributed by atoms with van der Waals surface area (Å²) in [6.45, 7) is 6.48. The minimum absolute atomic E-state index is 0.0598. The van der Waals surface area contributed by atoms with Gasteiger partial charge in [-0.05, 0) is 44.9 Å². The summed E-state index contributed by atoms with van der Waals surface area (Å²) in [5.74, 6) is -0.349. The zero-order chi connectivity index (χ0) is 17.8. The van der Waals surface area contributed by atoms with E-state index in [1.54, 1.807) is 12.1 Å². The molecule has 0 aliphatic carbocycles. The normalized spacial score (nSPS) is 26.5. The molecule has 3 atom stereocenters. The van der Waals surface area contributed by atoms with Gasteiger partial charge in [-0.25, -0.2) is 9.18 Å². The van der Waals surface area contributed by atoms with Crippen molar-refractivity contribution in [3.8, 4) is 0 Å². The number of ether oxygens (including phenoxy) is 2. The third-order valence-corrected chi connectivity index (χ3v) is 4.48. The van der Waals surface area contributed by atoms with Crippen molar-refractivity contribution in [2.45, 2.75) is 45.0 Å². The van der Waals surface area contributed by atoms with Crippen molar-refractivity contribution in [2.75, 3.05) is 36.5 Å². The van der Waals surface area contributed by atoms with Crippen molar-refractivity contribution < 1.29 is 18.7 Å². The van der Waals surface area contributed by atoms with E-state index in [1.807, 2.05) is 18.7 Å². The van der Waals surface area contributed by atoms with Crippen LogP contribution in [0.5, 0.6) is 0 Å². The van der Waals surface area contributed by atoms with E-state index in [0.29, 0.717) is 31.0 Å². The fourth-order valence-electron chi connectivity index (χ4n) is 3.40. The molecular weight excluding hydrogens is 325 g/mol. The summed E-state index contributed by atoms with van der Waals surface area (Å²) in [5, 5.41) is 5.42. The van der Waals surface area contributed by atoms with Gasteiger partial charge < -0.3 is 25.0 Å². The molecule has 2 amide bonds. The van der Waals surface area contributed by atoms with E-state index in [-0.39, 0.29) is 30.2 Å². The summed E-state index contributed by atoms with van der Waals surface area (Å²) in [5.41, 5.74) is 0.966. The number of hydrogen-bond donors (Lipinski definition) is 2. The van der Waals surface area contributed by atoms with Crippen LogP contribution in [0.4, 0.5) is 20.6 Å². The lowest BCUT2D eigenvalue weighted by atomic mass is 10.2. The van der Waals surface area contributed by atoms with Crippen LogP contribution < -0.4 is 15.5 Å². The standard InChI is InChI=1S/C18H26FN3O3/c1-12-10-22(11-13(2)25-12)17-6-5-14(8-16(17)19)21-18(23)20-9-15-4-3-7-24-15/h5-6,8,12-13,15H,3-4,7,9-11H2,1-2H3,(H2,20,21,23)/t12-,13-,15+/m1/s1. The van der Waals surface area contributed by atoms with Crippen molar-refractivity contribution in [1.82, 2.24) is 5.32 Å². The van der Waals surface area contributed by atoms with E-state index >= 15 is 0 Å².